The third kappa shape index (κ3) is 2.71. The molecule has 0 N–H and O–H groups in total. The molecule has 2 aliphatic heterocycles. The second-order valence-electron chi connectivity index (χ2n) is 7.18. The molecule has 1 aromatic rings. The van der Waals surface area contributed by atoms with E-state index in [1.54, 1.807) is 10.8 Å². The molecular formula is C18H16N3NaO5S. The zero-order valence-corrected chi connectivity index (χ0v) is 18.3. The van der Waals surface area contributed by atoms with Crippen LogP contribution >= 0.6 is 11.8 Å². The van der Waals surface area contributed by atoms with Crippen molar-refractivity contribution in [1.29, 1.82) is 0 Å². The number of carbonyl (C=O) groups is 3. The van der Waals surface area contributed by atoms with Crippen LogP contribution in [0.4, 0.5) is 0 Å². The van der Waals surface area contributed by atoms with E-state index in [9.17, 15) is 19.5 Å². The van der Waals surface area contributed by atoms with Gasteiger partial charge in [0.25, 0.3) is 5.91 Å². The van der Waals surface area contributed by atoms with Crippen molar-refractivity contribution in [2.24, 2.45) is 0 Å². The van der Waals surface area contributed by atoms with E-state index in [4.69, 9.17) is 4.74 Å². The molecule has 1 aromatic heterocycles. The molecule has 140 valence electrons. The third-order valence-electron chi connectivity index (χ3n) is 5.83. The molecule has 3 atom stereocenters. The van der Waals surface area contributed by atoms with E-state index >= 15 is 0 Å². The Bertz CT molecular complexity index is 969. The van der Waals surface area contributed by atoms with Crippen molar-refractivity contribution in [2.45, 2.75) is 43.0 Å². The zero-order chi connectivity index (χ0) is 18.9. The number of nitrogens with zero attached hydrogens (tertiary/aromatic N) is 3. The number of methoxy groups -OCH3 is 1. The van der Waals surface area contributed by atoms with Gasteiger partial charge in [0.05, 0.1) is 30.0 Å². The van der Waals surface area contributed by atoms with Crippen LogP contribution in [0, 0.1) is 0 Å². The summed E-state index contributed by atoms with van der Waals surface area (Å²) in [5.41, 5.74) is 3.37. The third-order valence-corrected chi connectivity index (χ3v) is 6.91. The number of thioether (sulfide) groups is 1. The molecular weight excluding hydrogens is 393 g/mol. The summed E-state index contributed by atoms with van der Waals surface area (Å²) in [5.74, 6) is -1.24. The SMILES string of the molecule is COC(=O)Cn1nc(/C=C2/C(=O)N3C(C(=O)[O-])=CS[C@H]23)c2c1C1CCC2C1.[Na+]. The van der Waals surface area contributed by atoms with Crippen LogP contribution < -0.4 is 34.7 Å². The second kappa shape index (κ2) is 7.05. The minimum absolute atomic E-state index is 0. The second-order valence-corrected chi connectivity index (χ2v) is 8.13. The molecule has 0 radical (unpaired) electrons. The van der Waals surface area contributed by atoms with E-state index in [0.29, 0.717) is 23.1 Å². The molecule has 1 saturated heterocycles. The number of ether oxygens (including phenoxy) is 1. The number of hydrogen-bond acceptors (Lipinski definition) is 7. The van der Waals surface area contributed by atoms with Gasteiger partial charge in [-0.15, -0.1) is 11.8 Å². The van der Waals surface area contributed by atoms with E-state index in [-0.39, 0.29) is 59.0 Å². The summed E-state index contributed by atoms with van der Waals surface area (Å²) >= 11 is 1.27. The van der Waals surface area contributed by atoms with Crippen molar-refractivity contribution in [1.82, 2.24) is 14.7 Å². The van der Waals surface area contributed by atoms with Crippen molar-refractivity contribution in [3.63, 3.8) is 0 Å². The van der Waals surface area contributed by atoms with E-state index in [1.165, 1.54) is 29.2 Å². The Morgan fingerprint density at radius 2 is 2.14 bits per heavy atom. The predicted octanol–water partition coefficient (Wildman–Crippen LogP) is -2.69. The van der Waals surface area contributed by atoms with Gasteiger partial charge < -0.3 is 14.6 Å². The molecule has 2 unspecified atom stereocenters. The largest absolute Gasteiger partial charge is 1.00 e. The van der Waals surface area contributed by atoms with Gasteiger partial charge in [-0.25, -0.2) is 0 Å². The van der Waals surface area contributed by atoms with Gasteiger partial charge in [-0.05, 0) is 36.7 Å². The number of β-lactam (4-membered cyclic amide) rings is 1. The molecule has 2 fully saturated rings. The molecule has 8 nitrogen and oxygen atoms in total. The van der Waals surface area contributed by atoms with Gasteiger partial charge in [0.2, 0.25) is 0 Å². The van der Waals surface area contributed by atoms with Crippen LogP contribution in [0.2, 0.25) is 0 Å². The summed E-state index contributed by atoms with van der Waals surface area (Å²) in [4.78, 5) is 36.6. The number of carboxylic acid groups (broad SMARTS) is 1. The number of aliphatic carboxylic acids is 1. The van der Waals surface area contributed by atoms with Crippen molar-refractivity contribution in [3.8, 4) is 0 Å². The fourth-order valence-corrected chi connectivity index (χ4v) is 5.78. The minimum Gasteiger partial charge on any atom is -0.543 e. The fraction of sp³-hybridized carbons (Fsp3) is 0.444. The molecule has 1 amide bonds. The molecule has 28 heavy (non-hydrogen) atoms. The average molecular weight is 409 g/mol. The van der Waals surface area contributed by atoms with Crippen LogP contribution in [-0.4, -0.2) is 45.0 Å². The number of esters is 1. The number of rotatable bonds is 4. The standard InChI is InChI=1S/C18H17N3O5S.Na/c1-26-13(22)6-20-15-9-3-2-8(4-9)14(15)11(19-20)5-10-16(23)21-12(18(24)25)7-27-17(10)21;/h5,7-9,17H,2-4,6H2,1H3,(H,24,25);/q;+1/p-1/b10-5-;/t8?,9?,17-;/m1./s1. The van der Waals surface area contributed by atoms with Crippen LogP contribution in [0.15, 0.2) is 16.7 Å². The zero-order valence-electron chi connectivity index (χ0n) is 15.5. The van der Waals surface area contributed by atoms with Crippen LogP contribution in [0.3, 0.4) is 0 Å². The topological polar surface area (TPSA) is 105 Å². The Balaban J connectivity index is 0.00000192. The molecule has 3 heterocycles. The van der Waals surface area contributed by atoms with Gasteiger partial charge in [-0.2, -0.15) is 5.10 Å². The average Bonchev–Trinajstić information content (AvgIpc) is 3.40. The van der Waals surface area contributed by atoms with Gasteiger partial charge in [-0.1, -0.05) is 0 Å². The summed E-state index contributed by atoms with van der Waals surface area (Å²) < 4.78 is 6.49. The number of hydrogen-bond donors (Lipinski definition) is 0. The summed E-state index contributed by atoms with van der Waals surface area (Å²) in [6.45, 7) is 0.0554. The van der Waals surface area contributed by atoms with Gasteiger partial charge in [0.1, 0.15) is 11.9 Å². The first-order valence-corrected chi connectivity index (χ1v) is 9.73. The monoisotopic (exact) mass is 409 g/mol. The number of fused-ring (bicyclic) bond motifs is 6. The molecule has 1 saturated carbocycles. The van der Waals surface area contributed by atoms with E-state index in [2.05, 4.69) is 5.10 Å². The molecule has 5 rings (SSSR count). The van der Waals surface area contributed by atoms with Crippen molar-refractivity contribution in [2.75, 3.05) is 7.11 Å². The fourth-order valence-electron chi connectivity index (χ4n) is 4.67. The molecule has 10 heteroatoms. The normalized spacial score (nSPS) is 27.8. The summed E-state index contributed by atoms with van der Waals surface area (Å²) in [7, 11) is 1.35. The van der Waals surface area contributed by atoms with Crippen molar-refractivity contribution < 1.29 is 53.8 Å². The van der Waals surface area contributed by atoms with Gasteiger partial charge >= 0.3 is 35.5 Å². The minimum atomic E-state index is -1.35. The molecule has 0 aromatic carbocycles. The van der Waals surface area contributed by atoms with Crippen LogP contribution in [0.1, 0.15) is 48.0 Å². The van der Waals surface area contributed by atoms with Gasteiger partial charge in [0.15, 0.2) is 0 Å². The Morgan fingerprint density at radius 3 is 2.86 bits per heavy atom. The summed E-state index contributed by atoms with van der Waals surface area (Å²) in [6, 6.07) is 0. The predicted molar refractivity (Wildman–Crippen MR) is 92.9 cm³/mol. The summed E-state index contributed by atoms with van der Waals surface area (Å²) in [5, 5.41) is 16.8. The Labute approximate surface area is 187 Å². The Hall–Kier alpha value is -1.55. The molecule has 2 aliphatic carbocycles. The number of amides is 1. The maximum Gasteiger partial charge on any atom is 1.00 e. The van der Waals surface area contributed by atoms with E-state index in [0.717, 1.165) is 30.5 Å². The molecule has 0 spiro atoms. The van der Waals surface area contributed by atoms with E-state index in [1.807, 2.05) is 0 Å². The first-order valence-electron chi connectivity index (χ1n) is 8.79. The van der Waals surface area contributed by atoms with Gasteiger partial charge in [-0.3, -0.25) is 19.2 Å². The molecule has 4 aliphatic rings. The Morgan fingerprint density at radius 1 is 1.39 bits per heavy atom. The van der Waals surface area contributed by atoms with Crippen molar-refractivity contribution in [3.05, 3.63) is 33.6 Å². The van der Waals surface area contributed by atoms with Crippen LogP contribution in [-0.2, 0) is 25.7 Å². The molecule has 2 bridgehead atoms. The quantitative estimate of drug-likeness (QED) is 0.231. The number of carboxylic acids is 1. The van der Waals surface area contributed by atoms with Crippen molar-refractivity contribution >= 4 is 35.7 Å². The number of carbonyl (C=O) groups excluding carboxylic acids is 3. The van der Waals surface area contributed by atoms with Crippen LogP contribution in [0.25, 0.3) is 6.08 Å². The van der Waals surface area contributed by atoms with E-state index < -0.39 is 5.97 Å². The summed E-state index contributed by atoms with van der Waals surface area (Å²) in [6.07, 6.45) is 4.99. The first kappa shape index (κ1) is 19.8. The smallest absolute Gasteiger partial charge is 0.543 e. The number of aromatic nitrogens is 2. The Kier molecular flexibility index (Phi) is 4.97. The first-order chi connectivity index (χ1) is 13.0. The van der Waals surface area contributed by atoms with Gasteiger partial charge in [0, 0.05) is 17.2 Å². The van der Waals surface area contributed by atoms with Crippen LogP contribution in [0.5, 0.6) is 0 Å². The maximum atomic E-state index is 12.5. The maximum absolute atomic E-state index is 12.5.